The molecule has 0 spiro atoms. The van der Waals surface area contributed by atoms with E-state index in [1.807, 2.05) is 0 Å². The van der Waals surface area contributed by atoms with E-state index in [9.17, 15) is 9.90 Å². The SMILES string of the molecule is CC1(C)O[C@H]2[C@H](O)[C@@H](CO[Si](C)(C)C(C)(C)C)NC(=O)[C@H]2O1. The molecule has 2 fully saturated rings. The van der Waals surface area contributed by atoms with Gasteiger partial charge in [-0.15, -0.1) is 0 Å². The Bertz CT molecular complexity index is 446. The summed E-state index contributed by atoms with van der Waals surface area (Å²) in [5.74, 6) is -1.10. The smallest absolute Gasteiger partial charge is 0.252 e. The van der Waals surface area contributed by atoms with Gasteiger partial charge in [-0.25, -0.2) is 0 Å². The van der Waals surface area contributed by atoms with Crippen molar-refractivity contribution in [3.8, 4) is 0 Å². The van der Waals surface area contributed by atoms with Crippen LogP contribution >= 0.6 is 0 Å². The molecule has 0 saturated carbocycles. The second-order valence-corrected chi connectivity index (χ2v) is 13.0. The minimum absolute atomic E-state index is 0.0775. The first-order valence-electron chi connectivity index (χ1n) is 7.82. The number of carbonyl (C=O) groups is 1. The fourth-order valence-corrected chi connectivity index (χ4v) is 3.50. The summed E-state index contributed by atoms with van der Waals surface area (Å²) in [5, 5.41) is 13.4. The average Bonchev–Trinajstić information content (AvgIpc) is 2.67. The van der Waals surface area contributed by atoms with Crippen LogP contribution in [0.15, 0.2) is 0 Å². The second-order valence-electron chi connectivity index (χ2n) is 8.20. The van der Waals surface area contributed by atoms with E-state index < -0.39 is 38.5 Å². The lowest BCUT2D eigenvalue weighted by atomic mass is 9.96. The van der Waals surface area contributed by atoms with E-state index in [1.165, 1.54) is 0 Å². The Morgan fingerprint density at radius 3 is 2.45 bits per heavy atom. The molecule has 0 unspecified atom stereocenters. The largest absolute Gasteiger partial charge is 0.415 e. The summed E-state index contributed by atoms with van der Waals surface area (Å²) in [5.41, 5.74) is 0. The lowest BCUT2D eigenvalue weighted by molar-refractivity contribution is -0.156. The van der Waals surface area contributed by atoms with Crippen LogP contribution in [0.5, 0.6) is 0 Å². The van der Waals surface area contributed by atoms with Crippen molar-refractivity contribution < 1.29 is 23.8 Å². The lowest BCUT2D eigenvalue weighted by Crippen LogP contribution is -2.63. The maximum Gasteiger partial charge on any atom is 0.252 e. The van der Waals surface area contributed by atoms with Crippen LogP contribution < -0.4 is 5.32 Å². The average molecular weight is 331 g/mol. The predicted octanol–water partition coefficient (Wildman–Crippen LogP) is 1.39. The minimum Gasteiger partial charge on any atom is -0.415 e. The molecule has 1 amide bonds. The maximum absolute atomic E-state index is 12.2. The van der Waals surface area contributed by atoms with Crippen molar-refractivity contribution in [3.05, 3.63) is 0 Å². The van der Waals surface area contributed by atoms with Gasteiger partial charge < -0.3 is 24.3 Å². The zero-order chi connectivity index (χ0) is 16.9. The number of amides is 1. The number of rotatable bonds is 3. The highest BCUT2D eigenvalue weighted by atomic mass is 28.4. The highest BCUT2D eigenvalue weighted by molar-refractivity contribution is 6.74. The molecular formula is C15H29NO5Si. The summed E-state index contributed by atoms with van der Waals surface area (Å²) in [7, 11) is -1.94. The Morgan fingerprint density at radius 2 is 1.91 bits per heavy atom. The molecule has 4 atom stereocenters. The summed E-state index contributed by atoms with van der Waals surface area (Å²) in [6, 6.07) is -0.472. The van der Waals surface area contributed by atoms with Gasteiger partial charge in [0, 0.05) is 0 Å². The normalized spacial score (nSPS) is 35.2. The Hall–Kier alpha value is -0.473. The van der Waals surface area contributed by atoms with Crippen molar-refractivity contribution >= 4 is 14.2 Å². The summed E-state index contributed by atoms with van der Waals surface area (Å²) >= 11 is 0. The molecule has 2 aliphatic heterocycles. The standard InChI is InChI=1S/C15H29NO5Si/c1-14(2,3)22(6,7)19-8-9-10(17)11-12(13(18)16-9)21-15(4,5)20-11/h9-12,17H,8H2,1-7H3,(H,16,18)/t9-,10-,11+,12+/m1/s1. The monoisotopic (exact) mass is 331 g/mol. The van der Waals surface area contributed by atoms with Gasteiger partial charge in [-0.3, -0.25) is 4.79 Å². The molecule has 0 aromatic heterocycles. The maximum atomic E-state index is 12.2. The van der Waals surface area contributed by atoms with Gasteiger partial charge >= 0.3 is 0 Å². The van der Waals surface area contributed by atoms with E-state index in [-0.39, 0.29) is 17.6 Å². The predicted molar refractivity (Wildman–Crippen MR) is 84.9 cm³/mol. The van der Waals surface area contributed by atoms with Crippen molar-refractivity contribution in [3.63, 3.8) is 0 Å². The first-order valence-corrected chi connectivity index (χ1v) is 10.7. The number of piperidine rings is 1. The molecule has 128 valence electrons. The van der Waals surface area contributed by atoms with Crippen molar-refractivity contribution in [2.75, 3.05) is 6.61 Å². The fraction of sp³-hybridized carbons (Fsp3) is 0.933. The van der Waals surface area contributed by atoms with E-state index in [1.54, 1.807) is 13.8 Å². The highest BCUT2D eigenvalue weighted by Gasteiger charge is 2.54. The van der Waals surface area contributed by atoms with Crippen molar-refractivity contribution in [1.82, 2.24) is 5.32 Å². The van der Waals surface area contributed by atoms with Gasteiger partial charge in [0.2, 0.25) is 0 Å². The summed E-state index contributed by atoms with van der Waals surface area (Å²) in [4.78, 5) is 12.2. The Labute approximate surface area is 133 Å². The van der Waals surface area contributed by atoms with Crippen LogP contribution in [-0.2, 0) is 18.7 Å². The molecule has 2 aliphatic rings. The van der Waals surface area contributed by atoms with Crippen molar-refractivity contribution in [2.45, 2.75) is 82.9 Å². The summed E-state index contributed by atoms with van der Waals surface area (Å²) in [6.45, 7) is 14.5. The molecule has 2 rings (SSSR count). The zero-order valence-corrected chi connectivity index (χ0v) is 15.6. The minimum atomic E-state index is -1.94. The van der Waals surface area contributed by atoms with Crippen LogP contribution in [0.4, 0.5) is 0 Å². The van der Waals surface area contributed by atoms with Crippen molar-refractivity contribution in [2.24, 2.45) is 0 Å². The molecule has 0 bridgehead atoms. The number of fused-ring (bicyclic) bond motifs is 1. The molecule has 7 heteroatoms. The Morgan fingerprint density at radius 1 is 1.32 bits per heavy atom. The molecule has 0 aliphatic carbocycles. The molecule has 0 aromatic rings. The van der Waals surface area contributed by atoms with Crippen molar-refractivity contribution in [1.29, 1.82) is 0 Å². The topological polar surface area (TPSA) is 77.0 Å². The fourth-order valence-electron chi connectivity index (χ4n) is 2.48. The zero-order valence-electron chi connectivity index (χ0n) is 14.6. The van der Waals surface area contributed by atoms with E-state index in [2.05, 4.69) is 39.2 Å². The molecule has 0 radical (unpaired) electrons. The van der Waals surface area contributed by atoms with E-state index in [0.717, 1.165) is 0 Å². The van der Waals surface area contributed by atoms with Gasteiger partial charge in [0.05, 0.1) is 12.6 Å². The highest BCUT2D eigenvalue weighted by Crippen LogP contribution is 2.37. The Balaban J connectivity index is 2.04. The quantitative estimate of drug-likeness (QED) is 0.764. The van der Waals surface area contributed by atoms with Crippen LogP contribution in [0.2, 0.25) is 18.1 Å². The lowest BCUT2D eigenvalue weighted by Gasteiger charge is -2.40. The molecule has 2 N–H and O–H groups in total. The third-order valence-electron chi connectivity index (χ3n) is 4.89. The molecule has 22 heavy (non-hydrogen) atoms. The molecule has 6 nitrogen and oxygen atoms in total. The number of aliphatic hydroxyl groups excluding tert-OH is 1. The van der Waals surface area contributed by atoms with Gasteiger partial charge in [-0.1, -0.05) is 20.8 Å². The van der Waals surface area contributed by atoms with Gasteiger partial charge in [0.15, 0.2) is 20.2 Å². The van der Waals surface area contributed by atoms with Crippen LogP contribution in [0, 0.1) is 0 Å². The molecule has 2 heterocycles. The van der Waals surface area contributed by atoms with Crippen LogP contribution in [0.3, 0.4) is 0 Å². The summed E-state index contributed by atoms with van der Waals surface area (Å²) < 4.78 is 17.4. The third kappa shape index (κ3) is 3.38. The molecular weight excluding hydrogens is 302 g/mol. The van der Waals surface area contributed by atoms with Crippen LogP contribution in [-0.4, -0.2) is 56.1 Å². The van der Waals surface area contributed by atoms with E-state index in [0.29, 0.717) is 0 Å². The van der Waals surface area contributed by atoms with Gasteiger partial charge in [0.1, 0.15) is 12.2 Å². The van der Waals surface area contributed by atoms with Crippen LogP contribution in [0.1, 0.15) is 34.6 Å². The van der Waals surface area contributed by atoms with Gasteiger partial charge in [-0.2, -0.15) is 0 Å². The first-order chi connectivity index (χ1) is 9.84. The number of nitrogens with one attached hydrogen (secondary N) is 1. The van der Waals surface area contributed by atoms with Gasteiger partial charge in [0.25, 0.3) is 5.91 Å². The van der Waals surface area contributed by atoms with E-state index >= 15 is 0 Å². The van der Waals surface area contributed by atoms with Gasteiger partial charge in [-0.05, 0) is 32.0 Å². The Kier molecular flexibility index (Phi) is 4.52. The van der Waals surface area contributed by atoms with Crippen LogP contribution in [0.25, 0.3) is 0 Å². The number of hydrogen-bond donors (Lipinski definition) is 2. The van der Waals surface area contributed by atoms with E-state index in [4.69, 9.17) is 13.9 Å². The number of carbonyl (C=O) groups excluding carboxylic acids is 1. The number of aliphatic hydroxyl groups is 1. The molecule has 2 saturated heterocycles. The first kappa shape index (κ1) is 17.9. The summed E-state index contributed by atoms with van der Waals surface area (Å²) in [6.07, 6.45) is -2.24. The second kappa shape index (κ2) is 5.56. The number of ether oxygens (including phenoxy) is 2. The number of hydrogen-bond acceptors (Lipinski definition) is 5. The molecule has 0 aromatic carbocycles. The third-order valence-corrected chi connectivity index (χ3v) is 9.39.